The number of nitrogens with zero attached hydrogens (tertiary/aromatic N) is 4. The fourth-order valence-corrected chi connectivity index (χ4v) is 8.15. The molecule has 0 fully saturated rings. The van der Waals surface area contributed by atoms with Crippen molar-refractivity contribution in [2.75, 3.05) is 9.80 Å². The number of rotatable bonds is 7. The Morgan fingerprint density at radius 2 is 1.20 bits per heavy atom. The molecule has 9 aromatic rings. The molecule has 7 aromatic carbocycles. The van der Waals surface area contributed by atoms with Crippen molar-refractivity contribution in [2.24, 2.45) is 0 Å². The molecule has 0 saturated heterocycles. The molecule has 0 N–H and O–H groups in total. The lowest BCUT2D eigenvalue weighted by Crippen LogP contribution is -2.24. The predicted octanol–water partition coefficient (Wildman–Crippen LogP) is 15.1. The largest absolute Gasteiger partial charge is 0.457 e. The van der Waals surface area contributed by atoms with Gasteiger partial charge in [0.15, 0.2) is 0 Å². The summed E-state index contributed by atoms with van der Waals surface area (Å²) in [4.78, 5) is 8.77. The van der Waals surface area contributed by atoms with E-state index in [1.165, 1.54) is 0 Å². The Hall–Kier alpha value is -7.37. The highest BCUT2D eigenvalue weighted by molar-refractivity contribution is 6.09. The van der Waals surface area contributed by atoms with Gasteiger partial charge >= 0.3 is 0 Å². The molecule has 1 aliphatic heterocycles. The van der Waals surface area contributed by atoms with Crippen molar-refractivity contribution >= 4 is 44.6 Å². The molecule has 0 atom stereocenters. The van der Waals surface area contributed by atoms with Gasteiger partial charge in [0.05, 0.1) is 47.5 Å². The van der Waals surface area contributed by atoms with E-state index < -0.39 is 60.4 Å². The molecule has 0 spiro atoms. The zero-order valence-electron chi connectivity index (χ0n) is 43.8. The second-order valence-electron chi connectivity index (χ2n) is 16.0. The first-order valence-corrected chi connectivity index (χ1v) is 19.8. The average Bonchev–Trinajstić information content (AvgIpc) is 3.87. The molecule has 10 rings (SSSR count). The fraction of sp³-hybridized carbons (Fsp3) is 0.109. The van der Waals surface area contributed by atoms with Gasteiger partial charge in [0.25, 0.3) is 0 Å². The molecule has 0 aliphatic carbocycles. The van der Waals surface area contributed by atoms with Gasteiger partial charge in [-0.1, -0.05) is 136 Å². The number of para-hydroxylation sites is 4. The van der Waals surface area contributed by atoms with Gasteiger partial charge in [-0.3, -0.25) is 14.4 Å². The normalized spacial score (nSPS) is 15.0. The second-order valence-corrected chi connectivity index (χ2v) is 16.0. The first-order valence-electron chi connectivity index (χ1n) is 24.8. The van der Waals surface area contributed by atoms with Gasteiger partial charge in [0, 0.05) is 40.2 Å². The third kappa shape index (κ3) is 6.40. The van der Waals surface area contributed by atoms with Gasteiger partial charge in [-0.15, -0.1) is 0 Å². The highest BCUT2D eigenvalue weighted by atomic mass is 16.5. The lowest BCUT2D eigenvalue weighted by Gasteiger charge is -2.31. The molecular weight excluding hydrogens is 733 g/mol. The van der Waals surface area contributed by atoms with Crippen LogP contribution in [-0.4, -0.2) is 9.55 Å². The van der Waals surface area contributed by atoms with Crippen LogP contribution >= 0.6 is 0 Å². The minimum Gasteiger partial charge on any atom is -0.457 e. The smallest absolute Gasteiger partial charge is 0.137 e. The predicted molar refractivity (Wildman–Crippen MR) is 250 cm³/mol. The molecular formula is C55H46N4O. The molecule has 0 radical (unpaired) electrons. The Morgan fingerprint density at radius 3 is 1.88 bits per heavy atom. The topological polar surface area (TPSA) is 33.5 Å². The van der Waals surface area contributed by atoms with E-state index in [0.717, 1.165) is 44.4 Å². The number of anilines is 4. The average molecular weight is 789 g/mol. The van der Waals surface area contributed by atoms with E-state index in [1.54, 1.807) is 18.2 Å². The van der Waals surface area contributed by atoms with Gasteiger partial charge in [-0.25, -0.2) is 4.98 Å². The van der Waals surface area contributed by atoms with Crippen LogP contribution in [0.1, 0.15) is 53.9 Å². The number of benzene rings is 7. The number of hydrogen-bond donors (Lipinski definition) is 0. The van der Waals surface area contributed by atoms with Crippen molar-refractivity contribution in [3.8, 4) is 39.6 Å². The zero-order chi connectivity index (χ0) is 49.7. The minimum atomic E-state index is -0.558. The monoisotopic (exact) mass is 788 g/mol. The summed E-state index contributed by atoms with van der Waals surface area (Å²) >= 11 is 0. The van der Waals surface area contributed by atoms with Gasteiger partial charge < -0.3 is 4.74 Å². The van der Waals surface area contributed by atoms with Crippen LogP contribution in [0.4, 0.5) is 22.7 Å². The Morgan fingerprint density at radius 1 is 0.583 bits per heavy atom. The van der Waals surface area contributed by atoms with E-state index in [4.69, 9.17) is 23.4 Å². The first-order chi connectivity index (χ1) is 33.4. The van der Waals surface area contributed by atoms with Gasteiger partial charge in [-0.05, 0) is 96.1 Å². The number of ether oxygens (including phenoxy) is 1. The number of fused-ring (bicyclic) bond motifs is 4. The number of pyridine rings is 1. The van der Waals surface area contributed by atoms with Crippen molar-refractivity contribution < 1.29 is 18.4 Å². The van der Waals surface area contributed by atoms with Crippen LogP contribution in [0.25, 0.3) is 49.9 Å². The molecule has 5 heteroatoms. The fourth-order valence-electron chi connectivity index (χ4n) is 8.15. The van der Waals surface area contributed by atoms with E-state index >= 15 is 0 Å². The van der Waals surface area contributed by atoms with Gasteiger partial charge in [-0.2, -0.15) is 0 Å². The van der Waals surface area contributed by atoms with E-state index in [0.29, 0.717) is 28.7 Å². The van der Waals surface area contributed by atoms with Gasteiger partial charge in [0.1, 0.15) is 23.1 Å². The lowest BCUT2D eigenvalue weighted by molar-refractivity contribution is 0.483. The maximum atomic E-state index is 9.13. The molecule has 0 bridgehead atoms. The minimum absolute atomic E-state index is 0.0889. The molecule has 5 nitrogen and oxygen atoms in total. The summed E-state index contributed by atoms with van der Waals surface area (Å²) in [5.41, 5.74) is 6.29. The standard InChI is InChI=1S/C55H46N4O/c1-37(2)54-57(49-28-14-15-29-50(49)59(54)53-44(38-18-8-6-9-19-38)25-17-26-45(53)39-20-10-7-11-21-39)41-22-16-23-42(35-41)60-43-30-31-47-46-24-12-13-27-48(46)58(51(47)36-43)52-34-40(32-33-56-52)55(3,4)5/h6-36H,1-5H3/i6D,7D,8D,9D,10D,11D,18D,19D,20D,21D. The summed E-state index contributed by atoms with van der Waals surface area (Å²) in [5, 5.41) is 2.14. The molecule has 292 valence electrons. The molecule has 1 aliphatic rings. The van der Waals surface area contributed by atoms with Crippen LogP contribution in [0.2, 0.25) is 0 Å². The van der Waals surface area contributed by atoms with Crippen LogP contribution in [0.5, 0.6) is 11.5 Å². The van der Waals surface area contributed by atoms with Crippen LogP contribution in [0, 0.1) is 0 Å². The van der Waals surface area contributed by atoms with Crippen molar-refractivity contribution in [3.05, 3.63) is 205 Å². The third-order valence-corrected chi connectivity index (χ3v) is 10.8. The number of aromatic nitrogens is 2. The quantitative estimate of drug-likeness (QED) is 0.161. The highest BCUT2D eigenvalue weighted by Gasteiger charge is 2.37. The van der Waals surface area contributed by atoms with E-state index in [-0.39, 0.29) is 33.4 Å². The Balaban J connectivity index is 1.15. The Kier molecular flexibility index (Phi) is 6.74. The second kappa shape index (κ2) is 14.8. The maximum absolute atomic E-state index is 9.13. The molecule has 0 unspecified atom stereocenters. The maximum Gasteiger partial charge on any atom is 0.137 e. The Bertz CT molecular complexity index is 3540. The first kappa shape index (κ1) is 27.3. The van der Waals surface area contributed by atoms with Gasteiger partial charge in [0.2, 0.25) is 0 Å². The van der Waals surface area contributed by atoms with Crippen LogP contribution in [0.15, 0.2) is 199 Å². The highest BCUT2D eigenvalue weighted by Crippen LogP contribution is 2.55. The van der Waals surface area contributed by atoms with Crippen LogP contribution in [-0.2, 0) is 5.41 Å². The van der Waals surface area contributed by atoms with Crippen LogP contribution in [0.3, 0.4) is 0 Å². The summed E-state index contributed by atoms with van der Waals surface area (Å²) in [6, 6.07) is 33.5. The third-order valence-electron chi connectivity index (χ3n) is 10.8. The number of hydrogen-bond acceptors (Lipinski definition) is 4. The summed E-state index contributed by atoms with van der Waals surface area (Å²) in [6.07, 6.45) is 1.85. The molecule has 0 amide bonds. The number of allylic oxidation sites excluding steroid dienone is 1. The summed E-state index contributed by atoms with van der Waals surface area (Å²) in [7, 11) is 0. The van der Waals surface area contributed by atoms with Crippen molar-refractivity contribution in [1.29, 1.82) is 0 Å². The summed E-state index contributed by atoms with van der Waals surface area (Å²) in [6.45, 7) is 10.4. The van der Waals surface area contributed by atoms with E-state index in [1.807, 2.05) is 103 Å². The van der Waals surface area contributed by atoms with E-state index in [9.17, 15) is 0 Å². The Labute approximate surface area is 366 Å². The summed E-state index contributed by atoms with van der Waals surface area (Å²) < 4.78 is 96.9. The van der Waals surface area contributed by atoms with Crippen molar-refractivity contribution in [3.63, 3.8) is 0 Å². The zero-order valence-corrected chi connectivity index (χ0v) is 33.8. The molecule has 3 heterocycles. The molecule has 0 saturated carbocycles. The lowest BCUT2D eigenvalue weighted by atomic mass is 9.88. The SMILES string of the molecule is [2H]c1c([2H])c([2H])c(-c2cccc(-c3c([2H])c([2H])c([2H])c([2H])c3[2H])c2N2C(=C(C)C)N(c3cccc(Oc4ccc5c6ccccc6n(-c6cc(C(C)(C)C)ccn6)c5c4)c3)c3ccccc32)c([2H])c1[2H]. The van der Waals surface area contributed by atoms with E-state index in [2.05, 4.69) is 55.7 Å². The van der Waals surface area contributed by atoms with Crippen molar-refractivity contribution in [1.82, 2.24) is 9.55 Å². The van der Waals surface area contributed by atoms with Crippen LogP contribution < -0.4 is 14.5 Å². The van der Waals surface area contributed by atoms with Crippen molar-refractivity contribution in [2.45, 2.75) is 40.0 Å². The molecule has 2 aromatic heterocycles. The summed E-state index contributed by atoms with van der Waals surface area (Å²) in [5.74, 6) is 2.54. The molecule has 60 heavy (non-hydrogen) atoms.